The van der Waals surface area contributed by atoms with Crippen LogP contribution in [0.1, 0.15) is 39.0 Å². The van der Waals surface area contributed by atoms with Gasteiger partial charge in [-0.15, -0.1) is 0 Å². The third kappa shape index (κ3) is 3.35. The zero-order chi connectivity index (χ0) is 13.8. The quantitative estimate of drug-likeness (QED) is 0.723. The summed E-state index contributed by atoms with van der Waals surface area (Å²) in [4.78, 5) is 2.62. The molecule has 0 saturated carbocycles. The zero-order valence-corrected chi connectivity index (χ0v) is 12.8. The molecule has 0 aromatic carbocycles. The fraction of sp³-hybridized carbons (Fsp3) is 1.00. The minimum Gasteiger partial charge on any atom is -0.382 e. The normalized spacial score (nSPS) is 31.4. The molecule has 0 N–H and O–H groups in total. The van der Waals surface area contributed by atoms with Gasteiger partial charge in [-0.1, -0.05) is 0 Å². The van der Waals surface area contributed by atoms with E-state index in [2.05, 4.69) is 11.8 Å². The molecule has 3 aliphatic heterocycles. The third-order valence-electron chi connectivity index (χ3n) is 5.16. The first kappa shape index (κ1) is 14.8. The van der Waals surface area contributed by atoms with E-state index in [0.717, 1.165) is 58.1 Å². The Morgan fingerprint density at radius 3 is 2.70 bits per heavy atom. The van der Waals surface area contributed by atoms with E-state index in [-0.39, 0.29) is 5.60 Å². The zero-order valence-electron chi connectivity index (χ0n) is 12.8. The molecule has 3 heterocycles. The second-order valence-electron chi connectivity index (χ2n) is 6.62. The van der Waals surface area contributed by atoms with Crippen molar-refractivity contribution in [3.05, 3.63) is 0 Å². The number of hydrogen-bond acceptors (Lipinski definition) is 4. The summed E-state index contributed by atoms with van der Waals surface area (Å²) in [5.41, 5.74) is 0.174. The highest BCUT2D eigenvalue weighted by Gasteiger charge is 2.49. The lowest BCUT2D eigenvalue weighted by Gasteiger charge is -2.56. The molecule has 1 atom stereocenters. The predicted molar refractivity (Wildman–Crippen MR) is 77.9 cm³/mol. The molecule has 3 saturated heterocycles. The Morgan fingerprint density at radius 2 is 1.95 bits per heavy atom. The van der Waals surface area contributed by atoms with Gasteiger partial charge in [-0.2, -0.15) is 0 Å². The van der Waals surface area contributed by atoms with Crippen LogP contribution >= 0.6 is 0 Å². The number of likely N-dealkylation sites (tertiary alicyclic amines) is 1. The summed E-state index contributed by atoms with van der Waals surface area (Å²) < 4.78 is 17.1. The first-order chi connectivity index (χ1) is 9.81. The molecule has 20 heavy (non-hydrogen) atoms. The lowest BCUT2D eigenvalue weighted by atomic mass is 9.78. The molecule has 1 spiro atoms. The lowest BCUT2D eigenvalue weighted by Crippen LogP contribution is -2.68. The van der Waals surface area contributed by atoms with Crippen molar-refractivity contribution < 1.29 is 14.2 Å². The fourth-order valence-corrected chi connectivity index (χ4v) is 3.99. The summed E-state index contributed by atoms with van der Waals surface area (Å²) in [6.45, 7) is 8.93. The Kier molecular flexibility index (Phi) is 4.97. The summed E-state index contributed by atoms with van der Waals surface area (Å²) in [5.74, 6) is 0.798. The Bertz CT molecular complexity index is 298. The Morgan fingerprint density at radius 1 is 1.15 bits per heavy atom. The summed E-state index contributed by atoms with van der Waals surface area (Å²) in [5, 5.41) is 0. The van der Waals surface area contributed by atoms with E-state index in [0.29, 0.717) is 0 Å². The first-order valence-corrected chi connectivity index (χ1v) is 8.35. The smallest absolute Gasteiger partial charge is 0.0937 e. The standard InChI is InChI=1S/C16H29NO3/c1-2-18-7-3-14-4-10-20-16(11-14)12-17(13-16)15-5-8-19-9-6-15/h14-15H,2-13H2,1H3/t14-/m0/s1. The van der Waals surface area contributed by atoms with Crippen molar-refractivity contribution in [1.29, 1.82) is 0 Å². The van der Waals surface area contributed by atoms with E-state index in [1.54, 1.807) is 0 Å². The van der Waals surface area contributed by atoms with Crippen LogP contribution < -0.4 is 0 Å². The monoisotopic (exact) mass is 283 g/mol. The SMILES string of the molecule is CCOCC[C@H]1CCOC2(C1)CN(C1CCOCC1)C2. The Balaban J connectivity index is 1.43. The largest absolute Gasteiger partial charge is 0.382 e. The maximum absolute atomic E-state index is 6.15. The first-order valence-electron chi connectivity index (χ1n) is 8.35. The molecule has 0 aromatic rings. The van der Waals surface area contributed by atoms with Gasteiger partial charge < -0.3 is 14.2 Å². The summed E-state index contributed by atoms with van der Waals surface area (Å²) >= 11 is 0. The van der Waals surface area contributed by atoms with E-state index in [4.69, 9.17) is 14.2 Å². The van der Waals surface area contributed by atoms with Gasteiger partial charge >= 0.3 is 0 Å². The lowest BCUT2D eigenvalue weighted by molar-refractivity contribution is -0.195. The predicted octanol–water partition coefficient (Wildman–Crippen LogP) is 2.07. The molecule has 0 aliphatic carbocycles. The number of hydrogen-bond donors (Lipinski definition) is 0. The molecule has 0 unspecified atom stereocenters. The van der Waals surface area contributed by atoms with Crippen LogP contribution in [0.25, 0.3) is 0 Å². The topological polar surface area (TPSA) is 30.9 Å². The van der Waals surface area contributed by atoms with Gasteiger partial charge in [0.15, 0.2) is 0 Å². The van der Waals surface area contributed by atoms with Gasteiger partial charge in [0.1, 0.15) is 0 Å². The number of ether oxygens (including phenoxy) is 3. The molecule has 3 rings (SSSR count). The van der Waals surface area contributed by atoms with E-state index < -0.39 is 0 Å². The minimum atomic E-state index is 0.174. The van der Waals surface area contributed by atoms with Crippen LogP contribution in [0.15, 0.2) is 0 Å². The molecule has 0 bridgehead atoms. The maximum Gasteiger partial charge on any atom is 0.0937 e. The highest BCUT2D eigenvalue weighted by molar-refractivity contribution is 5.02. The van der Waals surface area contributed by atoms with Gasteiger partial charge in [0.25, 0.3) is 0 Å². The minimum absolute atomic E-state index is 0.174. The summed E-state index contributed by atoms with van der Waals surface area (Å²) in [6.07, 6.45) is 6.05. The van der Waals surface area contributed by atoms with E-state index >= 15 is 0 Å². The molecular weight excluding hydrogens is 254 g/mol. The van der Waals surface area contributed by atoms with Crippen LogP contribution in [-0.4, -0.2) is 62.7 Å². The second-order valence-corrected chi connectivity index (χ2v) is 6.62. The Labute approximate surface area is 122 Å². The number of rotatable bonds is 5. The molecule has 3 aliphatic rings. The van der Waals surface area contributed by atoms with E-state index in [9.17, 15) is 0 Å². The van der Waals surface area contributed by atoms with Crippen molar-refractivity contribution in [2.75, 3.05) is 46.1 Å². The van der Waals surface area contributed by atoms with Gasteiger partial charge in [-0.3, -0.25) is 4.90 Å². The van der Waals surface area contributed by atoms with E-state index in [1.807, 2.05) is 0 Å². The molecule has 4 heteroatoms. The van der Waals surface area contributed by atoms with Crippen molar-refractivity contribution in [3.63, 3.8) is 0 Å². The van der Waals surface area contributed by atoms with Crippen molar-refractivity contribution in [1.82, 2.24) is 4.90 Å². The molecule has 0 amide bonds. The van der Waals surface area contributed by atoms with Gasteiger partial charge in [-0.05, 0) is 44.9 Å². The highest BCUT2D eigenvalue weighted by Crippen LogP contribution is 2.40. The van der Waals surface area contributed by atoms with Crippen molar-refractivity contribution in [2.45, 2.75) is 50.7 Å². The van der Waals surface area contributed by atoms with Gasteiger partial charge in [-0.25, -0.2) is 0 Å². The summed E-state index contributed by atoms with van der Waals surface area (Å²) in [7, 11) is 0. The van der Waals surface area contributed by atoms with Crippen LogP contribution in [-0.2, 0) is 14.2 Å². The van der Waals surface area contributed by atoms with Gasteiger partial charge in [0.05, 0.1) is 5.60 Å². The van der Waals surface area contributed by atoms with Crippen LogP contribution in [0.5, 0.6) is 0 Å². The van der Waals surface area contributed by atoms with Gasteiger partial charge in [0.2, 0.25) is 0 Å². The number of nitrogens with zero attached hydrogens (tertiary/aromatic N) is 1. The molecule has 116 valence electrons. The molecule has 0 aromatic heterocycles. The van der Waals surface area contributed by atoms with Gasteiger partial charge in [0, 0.05) is 52.2 Å². The molecule has 0 radical (unpaired) electrons. The molecule has 4 nitrogen and oxygen atoms in total. The van der Waals surface area contributed by atoms with Crippen LogP contribution in [0, 0.1) is 5.92 Å². The summed E-state index contributed by atoms with van der Waals surface area (Å²) in [6, 6.07) is 0.738. The van der Waals surface area contributed by atoms with Crippen LogP contribution in [0.4, 0.5) is 0 Å². The highest BCUT2D eigenvalue weighted by atomic mass is 16.5. The maximum atomic E-state index is 6.15. The fourth-order valence-electron chi connectivity index (χ4n) is 3.99. The van der Waals surface area contributed by atoms with Crippen LogP contribution in [0.3, 0.4) is 0 Å². The average molecular weight is 283 g/mol. The van der Waals surface area contributed by atoms with E-state index in [1.165, 1.54) is 32.1 Å². The average Bonchev–Trinajstić information content (AvgIpc) is 2.46. The van der Waals surface area contributed by atoms with Crippen molar-refractivity contribution in [3.8, 4) is 0 Å². The van der Waals surface area contributed by atoms with Crippen molar-refractivity contribution >= 4 is 0 Å². The molecular formula is C16H29NO3. The van der Waals surface area contributed by atoms with Crippen LogP contribution in [0.2, 0.25) is 0 Å². The third-order valence-corrected chi connectivity index (χ3v) is 5.16. The Hall–Kier alpha value is -0.160. The molecule has 3 fully saturated rings. The second kappa shape index (κ2) is 6.73. The van der Waals surface area contributed by atoms with Crippen molar-refractivity contribution in [2.24, 2.45) is 5.92 Å².